The zero-order chi connectivity index (χ0) is 15.1. The maximum Gasteiger partial charge on any atom is 0.188 e. The molecule has 0 aliphatic rings. The van der Waals surface area contributed by atoms with Gasteiger partial charge in [0.2, 0.25) is 0 Å². The minimum Gasteiger partial charge on any atom is -0.487 e. The highest BCUT2D eigenvalue weighted by Crippen LogP contribution is 2.37. The molecule has 0 bridgehead atoms. The van der Waals surface area contributed by atoms with E-state index in [1.54, 1.807) is 12.1 Å². The van der Waals surface area contributed by atoms with E-state index in [9.17, 15) is 4.79 Å². The molecule has 0 fully saturated rings. The standard InChI is InChI=1S/C16H15ClO4/c1-19-11-21-16-13(9-18)7-8-14(15(16)17)20-10-12-5-3-2-4-6-12/h2-9H,10-11H2,1H3. The van der Waals surface area contributed by atoms with E-state index in [1.807, 2.05) is 30.3 Å². The van der Waals surface area contributed by atoms with Gasteiger partial charge in [0.15, 0.2) is 18.8 Å². The lowest BCUT2D eigenvalue weighted by Gasteiger charge is -2.13. The van der Waals surface area contributed by atoms with E-state index in [4.69, 9.17) is 25.8 Å². The van der Waals surface area contributed by atoms with Crippen molar-refractivity contribution in [1.82, 2.24) is 0 Å². The van der Waals surface area contributed by atoms with Gasteiger partial charge in [0, 0.05) is 7.11 Å². The van der Waals surface area contributed by atoms with Crippen LogP contribution in [0.5, 0.6) is 11.5 Å². The average Bonchev–Trinajstić information content (AvgIpc) is 2.53. The fourth-order valence-electron chi connectivity index (χ4n) is 1.76. The van der Waals surface area contributed by atoms with Crippen molar-refractivity contribution in [3.63, 3.8) is 0 Å². The monoisotopic (exact) mass is 306 g/mol. The van der Waals surface area contributed by atoms with Gasteiger partial charge in [-0.1, -0.05) is 41.9 Å². The first kappa shape index (κ1) is 15.4. The smallest absolute Gasteiger partial charge is 0.188 e. The Morgan fingerprint density at radius 2 is 1.86 bits per heavy atom. The molecule has 110 valence electrons. The van der Waals surface area contributed by atoms with Crippen LogP contribution in [0, 0.1) is 0 Å². The molecule has 0 saturated carbocycles. The third-order valence-electron chi connectivity index (χ3n) is 2.78. The van der Waals surface area contributed by atoms with E-state index in [0.29, 0.717) is 24.2 Å². The van der Waals surface area contributed by atoms with Crippen molar-refractivity contribution < 1.29 is 19.0 Å². The van der Waals surface area contributed by atoms with Crippen LogP contribution >= 0.6 is 11.6 Å². The largest absolute Gasteiger partial charge is 0.487 e. The Hall–Kier alpha value is -2.04. The van der Waals surface area contributed by atoms with Gasteiger partial charge in [-0.3, -0.25) is 4.79 Å². The molecule has 0 aromatic heterocycles. The number of carbonyl (C=O) groups is 1. The predicted octanol–water partition coefficient (Wildman–Crippen LogP) is 3.71. The Labute approximate surface area is 128 Å². The molecular formula is C16H15ClO4. The van der Waals surface area contributed by atoms with E-state index in [2.05, 4.69) is 0 Å². The molecular weight excluding hydrogens is 292 g/mol. The minimum atomic E-state index is 0.00268. The summed E-state index contributed by atoms with van der Waals surface area (Å²) in [5.74, 6) is 0.719. The number of ether oxygens (including phenoxy) is 3. The molecule has 5 heteroatoms. The summed E-state index contributed by atoms with van der Waals surface area (Å²) in [7, 11) is 1.49. The van der Waals surface area contributed by atoms with E-state index >= 15 is 0 Å². The molecule has 0 aliphatic heterocycles. The maximum atomic E-state index is 11.0. The summed E-state index contributed by atoms with van der Waals surface area (Å²) in [5, 5.41) is 0.257. The predicted molar refractivity (Wildman–Crippen MR) is 80.1 cm³/mol. The summed E-state index contributed by atoms with van der Waals surface area (Å²) in [5.41, 5.74) is 1.37. The molecule has 0 spiro atoms. The summed E-state index contributed by atoms with van der Waals surface area (Å²) >= 11 is 6.23. The number of carbonyl (C=O) groups excluding carboxylic acids is 1. The second-order valence-electron chi connectivity index (χ2n) is 4.24. The average molecular weight is 307 g/mol. The minimum absolute atomic E-state index is 0.00268. The van der Waals surface area contributed by atoms with Gasteiger partial charge in [-0.05, 0) is 17.7 Å². The van der Waals surface area contributed by atoms with Crippen LogP contribution in [-0.2, 0) is 11.3 Å². The van der Waals surface area contributed by atoms with Gasteiger partial charge in [-0.15, -0.1) is 0 Å². The van der Waals surface area contributed by atoms with Crippen molar-refractivity contribution in [2.24, 2.45) is 0 Å². The number of hydrogen-bond acceptors (Lipinski definition) is 4. The third-order valence-corrected chi connectivity index (χ3v) is 3.14. The molecule has 2 aromatic rings. The summed E-state index contributed by atoms with van der Waals surface area (Å²) in [4.78, 5) is 11.0. The first-order valence-electron chi connectivity index (χ1n) is 6.32. The van der Waals surface area contributed by atoms with Gasteiger partial charge in [-0.2, -0.15) is 0 Å². The van der Waals surface area contributed by atoms with Crippen molar-refractivity contribution in [1.29, 1.82) is 0 Å². The highest BCUT2D eigenvalue weighted by Gasteiger charge is 2.14. The second kappa shape index (κ2) is 7.67. The number of methoxy groups -OCH3 is 1. The number of benzene rings is 2. The molecule has 0 amide bonds. The van der Waals surface area contributed by atoms with Crippen LogP contribution in [0.15, 0.2) is 42.5 Å². The van der Waals surface area contributed by atoms with Crippen molar-refractivity contribution in [3.05, 3.63) is 58.6 Å². The normalized spacial score (nSPS) is 10.2. The number of aldehydes is 1. The Morgan fingerprint density at radius 1 is 1.10 bits per heavy atom. The Bertz CT molecular complexity index is 599. The molecule has 0 heterocycles. The Morgan fingerprint density at radius 3 is 2.52 bits per heavy atom. The molecule has 4 nitrogen and oxygen atoms in total. The highest BCUT2D eigenvalue weighted by molar-refractivity contribution is 6.34. The summed E-state index contributed by atoms with van der Waals surface area (Å²) < 4.78 is 15.8. The SMILES string of the molecule is COCOc1c(C=O)ccc(OCc2ccccc2)c1Cl. The van der Waals surface area contributed by atoms with Crippen LogP contribution in [0.1, 0.15) is 15.9 Å². The van der Waals surface area contributed by atoms with Gasteiger partial charge in [-0.25, -0.2) is 0 Å². The molecule has 0 N–H and O–H groups in total. The molecule has 0 aliphatic carbocycles. The molecule has 0 saturated heterocycles. The second-order valence-corrected chi connectivity index (χ2v) is 4.62. The number of halogens is 1. The lowest BCUT2D eigenvalue weighted by molar-refractivity contribution is 0.0504. The maximum absolute atomic E-state index is 11.0. The van der Waals surface area contributed by atoms with E-state index in [1.165, 1.54) is 7.11 Å². The van der Waals surface area contributed by atoms with Crippen molar-refractivity contribution in [3.8, 4) is 11.5 Å². The van der Waals surface area contributed by atoms with Gasteiger partial charge < -0.3 is 14.2 Å². The molecule has 0 unspecified atom stereocenters. The van der Waals surface area contributed by atoms with E-state index in [0.717, 1.165) is 5.56 Å². The quantitative estimate of drug-likeness (QED) is 0.578. The lowest BCUT2D eigenvalue weighted by Crippen LogP contribution is -2.03. The Kier molecular flexibility index (Phi) is 5.60. The first-order chi connectivity index (χ1) is 10.3. The van der Waals surface area contributed by atoms with Crippen molar-refractivity contribution in [2.45, 2.75) is 6.61 Å². The highest BCUT2D eigenvalue weighted by atomic mass is 35.5. The van der Waals surface area contributed by atoms with E-state index in [-0.39, 0.29) is 17.6 Å². The van der Waals surface area contributed by atoms with E-state index < -0.39 is 0 Å². The van der Waals surface area contributed by atoms with Crippen LogP contribution in [0.3, 0.4) is 0 Å². The van der Waals surface area contributed by atoms with Crippen molar-refractivity contribution in [2.75, 3.05) is 13.9 Å². The fourth-order valence-corrected chi connectivity index (χ4v) is 2.04. The van der Waals surface area contributed by atoms with Gasteiger partial charge >= 0.3 is 0 Å². The molecule has 21 heavy (non-hydrogen) atoms. The van der Waals surface area contributed by atoms with Crippen LogP contribution in [0.4, 0.5) is 0 Å². The molecule has 0 radical (unpaired) electrons. The van der Waals surface area contributed by atoms with Crippen LogP contribution < -0.4 is 9.47 Å². The molecule has 2 aromatic carbocycles. The summed E-state index contributed by atoms with van der Waals surface area (Å²) in [6.07, 6.45) is 0.678. The lowest BCUT2D eigenvalue weighted by atomic mass is 10.2. The van der Waals surface area contributed by atoms with Crippen LogP contribution in [0.25, 0.3) is 0 Å². The Balaban J connectivity index is 2.18. The number of hydrogen-bond donors (Lipinski definition) is 0. The summed E-state index contributed by atoms with van der Waals surface area (Å²) in [6, 6.07) is 13.0. The van der Waals surface area contributed by atoms with Gasteiger partial charge in [0.1, 0.15) is 17.4 Å². The third kappa shape index (κ3) is 3.97. The summed E-state index contributed by atoms with van der Waals surface area (Å²) in [6.45, 7) is 0.382. The molecule has 0 atom stereocenters. The zero-order valence-electron chi connectivity index (χ0n) is 11.5. The zero-order valence-corrected chi connectivity index (χ0v) is 12.3. The first-order valence-corrected chi connectivity index (χ1v) is 6.70. The molecule has 2 rings (SSSR count). The topological polar surface area (TPSA) is 44.8 Å². The van der Waals surface area contributed by atoms with Gasteiger partial charge in [0.25, 0.3) is 0 Å². The van der Waals surface area contributed by atoms with Crippen LogP contribution in [-0.4, -0.2) is 20.2 Å². The number of rotatable bonds is 7. The van der Waals surface area contributed by atoms with Crippen molar-refractivity contribution >= 4 is 17.9 Å². The van der Waals surface area contributed by atoms with Crippen LogP contribution in [0.2, 0.25) is 5.02 Å². The fraction of sp³-hybridized carbons (Fsp3) is 0.188. The van der Waals surface area contributed by atoms with Gasteiger partial charge in [0.05, 0.1) is 5.56 Å².